The fraction of sp³-hybridized carbons (Fsp3) is 0.278. The summed E-state index contributed by atoms with van der Waals surface area (Å²) in [5.74, 6) is 1.31. The molecule has 2 aromatic carbocycles. The van der Waals surface area contributed by atoms with Crippen LogP contribution in [-0.2, 0) is 4.79 Å². The van der Waals surface area contributed by atoms with Gasteiger partial charge in [-0.15, -0.1) is 0 Å². The number of amides is 1. The SMILES string of the molecule is COc1ccc(NCCC(=O)Nc2ccccc2C)cc1OC. The minimum absolute atomic E-state index is 0.0210. The molecule has 0 heterocycles. The lowest BCUT2D eigenvalue weighted by atomic mass is 10.2. The van der Waals surface area contributed by atoms with Crippen LogP contribution in [0.2, 0.25) is 0 Å². The van der Waals surface area contributed by atoms with Gasteiger partial charge in [0, 0.05) is 30.4 Å². The number of anilines is 2. The van der Waals surface area contributed by atoms with E-state index < -0.39 is 0 Å². The van der Waals surface area contributed by atoms with Gasteiger partial charge in [0.25, 0.3) is 0 Å². The standard InChI is InChI=1S/C18H22N2O3/c1-13-6-4-5-7-15(13)20-18(21)10-11-19-14-8-9-16(22-2)17(12-14)23-3/h4-9,12,19H,10-11H2,1-3H3,(H,20,21). The first kappa shape index (κ1) is 16.7. The van der Waals surface area contributed by atoms with Gasteiger partial charge in [-0.1, -0.05) is 18.2 Å². The molecule has 0 fully saturated rings. The molecule has 0 radical (unpaired) electrons. The summed E-state index contributed by atoms with van der Waals surface area (Å²) in [6.45, 7) is 2.50. The second-order valence-electron chi connectivity index (χ2n) is 5.11. The zero-order chi connectivity index (χ0) is 16.7. The van der Waals surface area contributed by atoms with Crippen molar-refractivity contribution in [1.29, 1.82) is 0 Å². The van der Waals surface area contributed by atoms with Crippen LogP contribution in [0.3, 0.4) is 0 Å². The van der Waals surface area contributed by atoms with Crippen LogP contribution < -0.4 is 20.1 Å². The van der Waals surface area contributed by atoms with E-state index in [0.717, 1.165) is 16.9 Å². The Morgan fingerprint density at radius 1 is 1.04 bits per heavy atom. The smallest absolute Gasteiger partial charge is 0.226 e. The molecule has 0 saturated carbocycles. The molecular formula is C18H22N2O3. The van der Waals surface area contributed by atoms with Crippen molar-refractivity contribution in [2.75, 3.05) is 31.4 Å². The molecule has 0 aliphatic heterocycles. The molecule has 0 unspecified atom stereocenters. The molecule has 0 bridgehead atoms. The number of para-hydroxylation sites is 1. The average molecular weight is 314 g/mol. The van der Waals surface area contributed by atoms with Crippen molar-refractivity contribution in [3.05, 3.63) is 48.0 Å². The van der Waals surface area contributed by atoms with Crippen molar-refractivity contribution >= 4 is 17.3 Å². The molecule has 2 rings (SSSR count). The van der Waals surface area contributed by atoms with Gasteiger partial charge in [-0.05, 0) is 30.7 Å². The average Bonchev–Trinajstić information content (AvgIpc) is 2.56. The Morgan fingerprint density at radius 3 is 2.48 bits per heavy atom. The van der Waals surface area contributed by atoms with Gasteiger partial charge in [-0.2, -0.15) is 0 Å². The molecule has 0 saturated heterocycles. The maximum atomic E-state index is 12.0. The van der Waals surface area contributed by atoms with E-state index in [2.05, 4.69) is 10.6 Å². The summed E-state index contributed by atoms with van der Waals surface area (Å²) >= 11 is 0. The lowest BCUT2D eigenvalue weighted by Crippen LogP contribution is -2.16. The normalized spacial score (nSPS) is 10.0. The molecule has 0 aromatic heterocycles. The van der Waals surface area contributed by atoms with Crippen LogP contribution >= 0.6 is 0 Å². The minimum Gasteiger partial charge on any atom is -0.493 e. The Bertz CT molecular complexity index is 671. The Labute approximate surface area is 136 Å². The number of aryl methyl sites for hydroxylation is 1. The van der Waals surface area contributed by atoms with E-state index >= 15 is 0 Å². The van der Waals surface area contributed by atoms with Crippen LogP contribution in [0.5, 0.6) is 11.5 Å². The first-order valence-corrected chi connectivity index (χ1v) is 7.45. The van der Waals surface area contributed by atoms with Crippen LogP contribution in [0.1, 0.15) is 12.0 Å². The van der Waals surface area contributed by atoms with Crippen molar-refractivity contribution in [1.82, 2.24) is 0 Å². The van der Waals surface area contributed by atoms with Crippen molar-refractivity contribution in [2.24, 2.45) is 0 Å². The van der Waals surface area contributed by atoms with Crippen LogP contribution in [0.4, 0.5) is 11.4 Å². The number of carbonyl (C=O) groups excluding carboxylic acids is 1. The number of nitrogens with one attached hydrogen (secondary N) is 2. The summed E-state index contributed by atoms with van der Waals surface area (Å²) in [5.41, 5.74) is 2.78. The monoisotopic (exact) mass is 314 g/mol. The minimum atomic E-state index is -0.0210. The molecule has 2 N–H and O–H groups in total. The molecule has 5 heteroatoms. The van der Waals surface area contributed by atoms with Gasteiger partial charge in [-0.3, -0.25) is 4.79 Å². The zero-order valence-electron chi connectivity index (χ0n) is 13.7. The van der Waals surface area contributed by atoms with E-state index in [1.165, 1.54) is 0 Å². The van der Waals surface area contributed by atoms with E-state index in [1.54, 1.807) is 14.2 Å². The molecule has 0 atom stereocenters. The largest absolute Gasteiger partial charge is 0.493 e. The van der Waals surface area contributed by atoms with Gasteiger partial charge in [0.2, 0.25) is 5.91 Å². The molecule has 0 spiro atoms. The Morgan fingerprint density at radius 2 is 1.78 bits per heavy atom. The topological polar surface area (TPSA) is 59.6 Å². The van der Waals surface area contributed by atoms with Crippen LogP contribution in [0, 0.1) is 6.92 Å². The summed E-state index contributed by atoms with van der Waals surface area (Å²) in [7, 11) is 3.19. The highest BCUT2D eigenvalue weighted by Gasteiger charge is 2.06. The summed E-state index contributed by atoms with van der Waals surface area (Å²) in [4.78, 5) is 12.0. The first-order chi connectivity index (χ1) is 11.1. The van der Waals surface area contributed by atoms with Gasteiger partial charge >= 0.3 is 0 Å². The molecule has 23 heavy (non-hydrogen) atoms. The van der Waals surface area contributed by atoms with Crippen molar-refractivity contribution in [2.45, 2.75) is 13.3 Å². The van der Waals surface area contributed by atoms with E-state index in [9.17, 15) is 4.79 Å². The lowest BCUT2D eigenvalue weighted by Gasteiger charge is -2.12. The van der Waals surface area contributed by atoms with Crippen LogP contribution in [0.25, 0.3) is 0 Å². The van der Waals surface area contributed by atoms with E-state index in [-0.39, 0.29) is 5.91 Å². The second kappa shape index (κ2) is 8.08. The number of methoxy groups -OCH3 is 2. The zero-order valence-corrected chi connectivity index (χ0v) is 13.7. The Hall–Kier alpha value is -2.69. The molecule has 5 nitrogen and oxygen atoms in total. The summed E-state index contributed by atoms with van der Waals surface area (Å²) in [6, 6.07) is 13.3. The number of rotatable bonds is 7. The van der Waals surface area contributed by atoms with E-state index in [1.807, 2.05) is 49.4 Å². The third kappa shape index (κ3) is 4.64. The highest BCUT2D eigenvalue weighted by molar-refractivity contribution is 5.91. The van der Waals surface area contributed by atoms with Crippen molar-refractivity contribution < 1.29 is 14.3 Å². The predicted octanol–water partition coefficient (Wildman–Crippen LogP) is 3.45. The molecule has 1 amide bonds. The summed E-state index contributed by atoms with van der Waals surface area (Å²) in [5, 5.41) is 6.12. The first-order valence-electron chi connectivity index (χ1n) is 7.45. The maximum absolute atomic E-state index is 12.0. The fourth-order valence-corrected chi connectivity index (χ4v) is 2.19. The lowest BCUT2D eigenvalue weighted by molar-refractivity contribution is -0.115. The third-order valence-electron chi connectivity index (χ3n) is 3.48. The number of ether oxygens (including phenoxy) is 2. The van der Waals surface area contributed by atoms with Crippen molar-refractivity contribution in [3.8, 4) is 11.5 Å². The van der Waals surface area contributed by atoms with Gasteiger partial charge in [-0.25, -0.2) is 0 Å². The summed E-state index contributed by atoms with van der Waals surface area (Å²) < 4.78 is 10.4. The molecule has 0 aliphatic carbocycles. The van der Waals surface area contributed by atoms with Gasteiger partial charge in [0.1, 0.15) is 0 Å². The van der Waals surface area contributed by atoms with E-state index in [0.29, 0.717) is 24.5 Å². The number of benzene rings is 2. The molecule has 122 valence electrons. The van der Waals surface area contributed by atoms with Crippen LogP contribution in [-0.4, -0.2) is 26.7 Å². The highest BCUT2D eigenvalue weighted by Crippen LogP contribution is 2.29. The second-order valence-corrected chi connectivity index (χ2v) is 5.11. The Balaban J connectivity index is 1.85. The molecular weight excluding hydrogens is 292 g/mol. The van der Waals surface area contributed by atoms with Crippen LogP contribution in [0.15, 0.2) is 42.5 Å². The quantitative estimate of drug-likeness (QED) is 0.822. The molecule has 0 aliphatic rings. The van der Waals surface area contributed by atoms with E-state index in [4.69, 9.17) is 9.47 Å². The number of carbonyl (C=O) groups is 1. The maximum Gasteiger partial charge on any atom is 0.226 e. The fourth-order valence-electron chi connectivity index (χ4n) is 2.19. The van der Waals surface area contributed by atoms with Gasteiger partial charge in [0.05, 0.1) is 14.2 Å². The van der Waals surface area contributed by atoms with Gasteiger partial charge < -0.3 is 20.1 Å². The third-order valence-corrected chi connectivity index (χ3v) is 3.48. The van der Waals surface area contributed by atoms with Crippen molar-refractivity contribution in [3.63, 3.8) is 0 Å². The van der Waals surface area contributed by atoms with Gasteiger partial charge in [0.15, 0.2) is 11.5 Å². The summed E-state index contributed by atoms with van der Waals surface area (Å²) in [6.07, 6.45) is 0.378. The highest BCUT2D eigenvalue weighted by atomic mass is 16.5. The number of hydrogen-bond donors (Lipinski definition) is 2. The number of hydrogen-bond acceptors (Lipinski definition) is 4. The Kier molecular flexibility index (Phi) is 5.86. The predicted molar refractivity (Wildman–Crippen MR) is 92.5 cm³/mol. The molecule has 2 aromatic rings.